The van der Waals surface area contributed by atoms with Gasteiger partial charge in [-0.2, -0.15) is 0 Å². The molecule has 0 amide bonds. The molecule has 1 aromatic rings. The molecule has 0 unspecified atom stereocenters. The fourth-order valence-electron chi connectivity index (χ4n) is 1.20. The topological polar surface area (TPSA) is 21.3 Å². The van der Waals surface area contributed by atoms with E-state index in [1.807, 2.05) is 18.2 Å². The first-order valence-corrected chi connectivity index (χ1v) is 8.41. The van der Waals surface area contributed by atoms with E-state index in [4.69, 9.17) is 4.74 Å². The van der Waals surface area contributed by atoms with Crippen molar-refractivity contribution in [3.05, 3.63) is 35.9 Å². The molecule has 84 valence electrons. The SMILES string of the molecule is ISNCCCCOCc1ccccc1. The second-order valence-electron chi connectivity index (χ2n) is 3.22. The fraction of sp³-hybridized carbons (Fsp3) is 0.455. The molecule has 0 atom stereocenters. The van der Waals surface area contributed by atoms with Crippen molar-refractivity contribution in [2.75, 3.05) is 13.2 Å². The third-order valence-corrected chi connectivity index (χ3v) is 3.23. The van der Waals surface area contributed by atoms with Gasteiger partial charge in [0.1, 0.15) is 0 Å². The van der Waals surface area contributed by atoms with Crippen LogP contribution < -0.4 is 4.72 Å². The van der Waals surface area contributed by atoms with Crippen LogP contribution in [0.15, 0.2) is 30.3 Å². The summed E-state index contributed by atoms with van der Waals surface area (Å²) in [4.78, 5) is 0. The molecule has 0 heterocycles. The van der Waals surface area contributed by atoms with Crippen LogP contribution in [0.4, 0.5) is 0 Å². The Morgan fingerprint density at radius 1 is 1.20 bits per heavy atom. The van der Waals surface area contributed by atoms with Gasteiger partial charge >= 0.3 is 0 Å². The summed E-state index contributed by atoms with van der Waals surface area (Å²) < 4.78 is 8.77. The molecule has 0 aliphatic carbocycles. The molecule has 0 saturated carbocycles. The number of hydrogen-bond donors (Lipinski definition) is 1. The first-order valence-electron chi connectivity index (χ1n) is 5.05. The van der Waals surface area contributed by atoms with E-state index < -0.39 is 0 Å². The van der Waals surface area contributed by atoms with E-state index in [1.165, 1.54) is 12.0 Å². The molecule has 1 aromatic carbocycles. The number of benzene rings is 1. The Labute approximate surface area is 108 Å². The van der Waals surface area contributed by atoms with E-state index in [0.29, 0.717) is 0 Å². The van der Waals surface area contributed by atoms with Crippen molar-refractivity contribution in [3.8, 4) is 0 Å². The molecule has 0 aromatic heterocycles. The van der Waals surface area contributed by atoms with Gasteiger partial charge in [0, 0.05) is 34.4 Å². The van der Waals surface area contributed by atoms with Crippen molar-refractivity contribution in [2.24, 2.45) is 0 Å². The zero-order valence-electron chi connectivity index (χ0n) is 8.62. The summed E-state index contributed by atoms with van der Waals surface area (Å²) in [5, 5.41) is 0. The Bertz CT molecular complexity index is 246. The Kier molecular flexibility index (Phi) is 8.37. The summed E-state index contributed by atoms with van der Waals surface area (Å²) in [6.07, 6.45) is 2.29. The molecule has 0 spiro atoms. The number of ether oxygens (including phenoxy) is 1. The molecule has 15 heavy (non-hydrogen) atoms. The highest BCUT2D eigenvalue weighted by Gasteiger charge is 1.92. The summed E-state index contributed by atoms with van der Waals surface area (Å²) in [6, 6.07) is 10.3. The normalized spacial score (nSPS) is 10.5. The highest BCUT2D eigenvalue weighted by Crippen LogP contribution is 2.04. The van der Waals surface area contributed by atoms with E-state index >= 15 is 0 Å². The van der Waals surface area contributed by atoms with Crippen LogP contribution >= 0.6 is 30.3 Å². The van der Waals surface area contributed by atoms with Gasteiger partial charge in [0.15, 0.2) is 0 Å². The molecular weight excluding hydrogens is 321 g/mol. The lowest BCUT2D eigenvalue weighted by atomic mass is 10.2. The maximum absolute atomic E-state index is 5.56. The molecule has 4 heteroatoms. The van der Waals surface area contributed by atoms with Gasteiger partial charge < -0.3 is 4.74 Å². The van der Waals surface area contributed by atoms with Crippen LogP contribution in [0, 0.1) is 0 Å². The van der Waals surface area contributed by atoms with Crippen molar-refractivity contribution in [1.82, 2.24) is 4.72 Å². The number of nitrogens with one attached hydrogen (secondary N) is 1. The molecule has 0 saturated heterocycles. The smallest absolute Gasteiger partial charge is 0.0716 e. The van der Waals surface area contributed by atoms with Gasteiger partial charge in [-0.25, -0.2) is 0 Å². The average molecular weight is 337 g/mol. The third-order valence-electron chi connectivity index (χ3n) is 1.98. The monoisotopic (exact) mass is 337 g/mol. The van der Waals surface area contributed by atoms with Gasteiger partial charge in [0.05, 0.1) is 6.61 Å². The second-order valence-corrected chi connectivity index (χ2v) is 4.98. The Morgan fingerprint density at radius 3 is 2.73 bits per heavy atom. The number of unbranched alkanes of at least 4 members (excludes halogenated alkanes) is 1. The first-order chi connectivity index (χ1) is 7.43. The van der Waals surface area contributed by atoms with Crippen LogP contribution in [0.1, 0.15) is 18.4 Å². The third kappa shape index (κ3) is 7.16. The summed E-state index contributed by atoms with van der Waals surface area (Å²) in [5.41, 5.74) is 1.25. The largest absolute Gasteiger partial charge is 0.377 e. The van der Waals surface area contributed by atoms with Gasteiger partial charge in [0.25, 0.3) is 0 Å². The van der Waals surface area contributed by atoms with Crippen LogP contribution in [0.3, 0.4) is 0 Å². The lowest BCUT2D eigenvalue weighted by Gasteiger charge is -2.04. The van der Waals surface area contributed by atoms with Crippen LogP contribution in [-0.4, -0.2) is 13.2 Å². The van der Waals surface area contributed by atoms with Crippen LogP contribution in [0.25, 0.3) is 0 Å². The van der Waals surface area contributed by atoms with Crippen molar-refractivity contribution >= 4 is 30.3 Å². The Balaban J connectivity index is 1.93. The van der Waals surface area contributed by atoms with Gasteiger partial charge in [-0.15, -0.1) is 0 Å². The molecule has 2 nitrogen and oxygen atoms in total. The van der Waals surface area contributed by atoms with Gasteiger partial charge in [-0.05, 0) is 27.5 Å². The van der Waals surface area contributed by atoms with Gasteiger partial charge in [-0.1, -0.05) is 30.3 Å². The minimum absolute atomic E-state index is 0.731. The van der Waals surface area contributed by atoms with E-state index in [2.05, 4.69) is 38.1 Å². The highest BCUT2D eigenvalue weighted by molar-refractivity contribution is 14.2. The van der Waals surface area contributed by atoms with Gasteiger partial charge in [0.2, 0.25) is 0 Å². The maximum Gasteiger partial charge on any atom is 0.0716 e. The molecule has 0 bridgehead atoms. The zero-order chi connectivity index (χ0) is 10.8. The van der Waals surface area contributed by atoms with Crippen LogP contribution in [0.5, 0.6) is 0 Å². The zero-order valence-corrected chi connectivity index (χ0v) is 11.6. The molecule has 1 N–H and O–H groups in total. The van der Waals surface area contributed by atoms with Crippen LogP contribution in [-0.2, 0) is 11.3 Å². The Morgan fingerprint density at radius 2 is 2.00 bits per heavy atom. The molecule has 0 fully saturated rings. The molecule has 0 radical (unpaired) electrons. The van der Waals surface area contributed by atoms with Crippen LogP contribution in [0.2, 0.25) is 0 Å². The number of hydrogen-bond acceptors (Lipinski definition) is 3. The van der Waals surface area contributed by atoms with E-state index in [0.717, 1.165) is 26.2 Å². The lowest BCUT2D eigenvalue weighted by Crippen LogP contribution is -2.04. The summed E-state index contributed by atoms with van der Waals surface area (Å²) in [5.74, 6) is 0. The van der Waals surface area contributed by atoms with Crippen molar-refractivity contribution < 1.29 is 4.74 Å². The Hall–Kier alpha value is 0.220. The van der Waals surface area contributed by atoms with Crippen molar-refractivity contribution in [2.45, 2.75) is 19.4 Å². The molecule has 0 aliphatic heterocycles. The average Bonchev–Trinajstić information content (AvgIpc) is 2.29. The predicted molar refractivity (Wildman–Crippen MR) is 74.9 cm³/mol. The maximum atomic E-state index is 5.56. The van der Waals surface area contributed by atoms with Crippen molar-refractivity contribution in [3.63, 3.8) is 0 Å². The van der Waals surface area contributed by atoms with E-state index in [-0.39, 0.29) is 0 Å². The fourth-order valence-corrected chi connectivity index (χ4v) is 2.09. The molecule has 0 aliphatic rings. The minimum Gasteiger partial charge on any atom is -0.377 e. The van der Waals surface area contributed by atoms with E-state index in [9.17, 15) is 0 Å². The van der Waals surface area contributed by atoms with Gasteiger partial charge in [-0.3, -0.25) is 4.72 Å². The summed E-state index contributed by atoms with van der Waals surface area (Å²) in [6.45, 7) is 2.64. The lowest BCUT2D eigenvalue weighted by molar-refractivity contribution is 0.117. The number of halogens is 1. The quantitative estimate of drug-likeness (QED) is 0.445. The standard InChI is InChI=1S/C11H16INOS/c12-15-13-8-4-5-9-14-10-11-6-2-1-3-7-11/h1-3,6-7,13H,4-5,8-10H2. The first kappa shape index (κ1) is 13.3. The highest BCUT2D eigenvalue weighted by atomic mass is 127. The second kappa shape index (κ2) is 9.45. The molecular formula is C11H16INOS. The van der Waals surface area contributed by atoms with E-state index in [1.54, 1.807) is 9.12 Å². The number of rotatable bonds is 8. The minimum atomic E-state index is 0.731. The molecule has 1 rings (SSSR count). The summed E-state index contributed by atoms with van der Waals surface area (Å²) in [7, 11) is 1.64. The predicted octanol–water partition coefficient (Wildman–Crippen LogP) is 3.57. The van der Waals surface area contributed by atoms with Crippen molar-refractivity contribution in [1.29, 1.82) is 0 Å². The summed E-state index contributed by atoms with van der Waals surface area (Å²) >= 11 is 2.24.